The molecule has 0 aromatic rings. The molecule has 0 spiro atoms. The number of carbonyl (C=O) groups is 1. The molecule has 0 amide bonds. The molecule has 1 aliphatic rings. The fourth-order valence-corrected chi connectivity index (χ4v) is 0.946. The number of hydrogen-bond acceptors (Lipinski definition) is 3. The van der Waals surface area contributed by atoms with E-state index in [0.29, 0.717) is 19.6 Å². The molecule has 0 aromatic carbocycles. The summed E-state index contributed by atoms with van der Waals surface area (Å²) in [6.45, 7) is 3.19. The summed E-state index contributed by atoms with van der Waals surface area (Å²) in [5.74, 6) is -0.639. The molecule has 0 atom stereocenters. The van der Waals surface area contributed by atoms with E-state index in [4.69, 9.17) is 9.47 Å². The lowest BCUT2D eigenvalue weighted by molar-refractivity contribution is -0.254. The van der Waals surface area contributed by atoms with Crippen LogP contribution in [-0.4, -0.2) is 25.3 Å². The van der Waals surface area contributed by atoms with Crippen LogP contribution in [0.15, 0.2) is 0 Å². The molecule has 0 aliphatic carbocycles. The van der Waals surface area contributed by atoms with Gasteiger partial charge >= 0.3 is 0 Å². The van der Waals surface area contributed by atoms with Crippen LogP contribution >= 0.6 is 0 Å². The lowest BCUT2D eigenvalue weighted by atomic mass is 10.2. The maximum atomic E-state index is 10.1. The van der Waals surface area contributed by atoms with Gasteiger partial charge in [-0.3, -0.25) is 0 Å². The van der Waals surface area contributed by atoms with Crippen molar-refractivity contribution in [1.82, 2.24) is 0 Å². The number of rotatable bonds is 2. The fraction of sp³-hybridized carbons (Fsp3) is 0.857. The Morgan fingerprint density at radius 2 is 2.10 bits per heavy atom. The normalized spacial score (nSPS) is 24.1. The third-order valence-electron chi connectivity index (χ3n) is 1.56. The molecule has 0 bridgehead atoms. The van der Waals surface area contributed by atoms with Gasteiger partial charge in [-0.2, -0.15) is 0 Å². The van der Waals surface area contributed by atoms with Crippen LogP contribution < -0.4 is 0 Å². The van der Waals surface area contributed by atoms with Crippen LogP contribution in [0.5, 0.6) is 0 Å². The number of hydrogen-bond donors (Lipinski definition) is 0. The van der Waals surface area contributed by atoms with E-state index in [-0.39, 0.29) is 0 Å². The summed E-state index contributed by atoms with van der Waals surface area (Å²) in [6, 6.07) is 0. The van der Waals surface area contributed by atoms with Gasteiger partial charge in [-0.15, -0.1) is 0 Å². The molecule has 0 aromatic heterocycles. The number of carbonyl (C=O) groups excluding carboxylic acids is 1. The van der Waals surface area contributed by atoms with E-state index >= 15 is 0 Å². The standard InChI is InChI=1S/C7H12O3/c1-7(3-4-8)9-5-2-6-10-7/h4H,2-3,5-6H2,1H3. The first-order chi connectivity index (χ1) is 4.77. The van der Waals surface area contributed by atoms with Gasteiger partial charge in [0.2, 0.25) is 0 Å². The number of aldehydes is 1. The molecule has 0 N–H and O–H groups in total. The van der Waals surface area contributed by atoms with Gasteiger partial charge < -0.3 is 14.3 Å². The first kappa shape index (κ1) is 7.69. The van der Waals surface area contributed by atoms with Gasteiger partial charge in [0, 0.05) is 0 Å². The minimum atomic E-state index is -0.639. The highest BCUT2D eigenvalue weighted by Crippen LogP contribution is 2.20. The van der Waals surface area contributed by atoms with Crippen molar-refractivity contribution in [2.24, 2.45) is 0 Å². The van der Waals surface area contributed by atoms with Crippen molar-refractivity contribution < 1.29 is 14.3 Å². The minimum Gasteiger partial charge on any atom is -0.350 e. The van der Waals surface area contributed by atoms with Gasteiger partial charge in [-0.1, -0.05) is 0 Å². The molecular weight excluding hydrogens is 132 g/mol. The zero-order valence-corrected chi connectivity index (χ0v) is 6.13. The predicted molar refractivity (Wildman–Crippen MR) is 35.6 cm³/mol. The van der Waals surface area contributed by atoms with Gasteiger partial charge in [0.1, 0.15) is 6.29 Å². The topological polar surface area (TPSA) is 35.5 Å². The Balaban J connectivity index is 2.39. The van der Waals surface area contributed by atoms with Crippen LogP contribution in [0, 0.1) is 0 Å². The van der Waals surface area contributed by atoms with Gasteiger partial charge in [0.25, 0.3) is 0 Å². The monoisotopic (exact) mass is 144 g/mol. The Hall–Kier alpha value is -0.410. The van der Waals surface area contributed by atoms with E-state index in [0.717, 1.165) is 12.7 Å². The highest BCUT2D eigenvalue weighted by atomic mass is 16.7. The van der Waals surface area contributed by atoms with Gasteiger partial charge in [-0.05, 0) is 13.3 Å². The lowest BCUT2D eigenvalue weighted by Gasteiger charge is -2.32. The molecule has 1 heterocycles. The van der Waals surface area contributed by atoms with Crippen molar-refractivity contribution in [2.45, 2.75) is 25.6 Å². The zero-order chi connectivity index (χ0) is 7.45. The summed E-state index contributed by atoms with van der Waals surface area (Å²) in [5.41, 5.74) is 0. The summed E-state index contributed by atoms with van der Waals surface area (Å²) in [5, 5.41) is 0. The molecule has 1 rings (SSSR count). The molecule has 1 aliphatic heterocycles. The van der Waals surface area contributed by atoms with Crippen molar-refractivity contribution in [1.29, 1.82) is 0 Å². The van der Waals surface area contributed by atoms with Crippen molar-refractivity contribution in [2.75, 3.05) is 13.2 Å². The van der Waals surface area contributed by atoms with Crippen molar-refractivity contribution in [3.05, 3.63) is 0 Å². The van der Waals surface area contributed by atoms with Gasteiger partial charge in [-0.25, -0.2) is 0 Å². The third-order valence-corrected chi connectivity index (χ3v) is 1.56. The van der Waals surface area contributed by atoms with Gasteiger partial charge in [0.05, 0.1) is 19.6 Å². The number of ether oxygens (including phenoxy) is 2. The second kappa shape index (κ2) is 3.12. The van der Waals surface area contributed by atoms with E-state index in [1.165, 1.54) is 0 Å². The highest BCUT2D eigenvalue weighted by molar-refractivity contribution is 5.50. The van der Waals surface area contributed by atoms with Crippen LogP contribution in [-0.2, 0) is 14.3 Å². The lowest BCUT2D eigenvalue weighted by Crippen LogP contribution is -2.37. The third kappa shape index (κ3) is 1.78. The Labute approximate surface area is 60.3 Å². The minimum absolute atomic E-state index is 0.326. The van der Waals surface area contributed by atoms with Crippen molar-refractivity contribution in [3.8, 4) is 0 Å². The first-order valence-electron chi connectivity index (χ1n) is 3.48. The molecule has 0 radical (unpaired) electrons. The molecule has 58 valence electrons. The van der Waals surface area contributed by atoms with E-state index < -0.39 is 5.79 Å². The van der Waals surface area contributed by atoms with Crippen LogP contribution in [0.25, 0.3) is 0 Å². The van der Waals surface area contributed by atoms with E-state index in [1.54, 1.807) is 6.92 Å². The van der Waals surface area contributed by atoms with Crippen LogP contribution in [0.2, 0.25) is 0 Å². The molecular formula is C7H12O3. The summed E-state index contributed by atoms with van der Waals surface area (Å²) < 4.78 is 10.5. The Kier molecular flexibility index (Phi) is 2.40. The molecule has 1 saturated heterocycles. The fourth-order valence-electron chi connectivity index (χ4n) is 0.946. The largest absolute Gasteiger partial charge is 0.350 e. The highest BCUT2D eigenvalue weighted by Gasteiger charge is 2.27. The Bertz CT molecular complexity index is 116. The predicted octanol–water partition coefficient (Wildman–Crippen LogP) is 0.728. The van der Waals surface area contributed by atoms with E-state index in [9.17, 15) is 4.79 Å². The summed E-state index contributed by atoms with van der Waals surface area (Å²) in [6.07, 6.45) is 2.08. The second-order valence-corrected chi connectivity index (χ2v) is 2.56. The van der Waals surface area contributed by atoms with Gasteiger partial charge in [0.15, 0.2) is 5.79 Å². The molecule has 0 unspecified atom stereocenters. The summed E-state index contributed by atoms with van der Waals surface area (Å²) >= 11 is 0. The maximum Gasteiger partial charge on any atom is 0.172 e. The van der Waals surface area contributed by atoms with Crippen molar-refractivity contribution >= 4 is 6.29 Å². The molecule has 3 heteroatoms. The smallest absolute Gasteiger partial charge is 0.172 e. The molecule has 1 fully saturated rings. The SMILES string of the molecule is CC1(CC=O)OCCCO1. The molecule has 0 saturated carbocycles. The van der Waals surface area contributed by atoms with E-state index in [1.807, 2.05) is 0 Å². The molecule has 3 nitrogen and oxygen atoms in total. The van der Waals surface area contributed by atoms with Crippen molar-refractivity contribution in [3.63, 3.8) is 0 Å². The average molecular weight is 144 g/mol. The molecule has 10 heavy (non-hydrogen) atoms. The Morgan fingerprint density at radius 3 is 2.60 bits per heavy atom. The van der Waals surface area contributed by atoms with Crippen LogP contribution in [0.4, 0.5) is 0 Å². The summed E-state index contributed by atoms with van der Waals surface area (Å²) in [7, 11) is 0. The quantitative estimate of drug-likeness (QED) is 0.536. The Morgan fingerprint density at radius 1 is 1.50 bits per heavy atom. The zero-order valence-electron chi connectivity index (χ0n) is 6.13. The first-order valence-corrected chi connectivity index (χ1v) is 3.48. The maximum absolute atomic E-state index is 10.1. The van der Waals surface area contributed by atoms with Crippen LogP contribution in [0.1, 0.15) is 19.8 Å². The van der Waals surface area contributed by atoms with Crippen LogP contribution in [0.3, 0.4) is 0 Å². The van der Waals surface area contributed by atoms with E-state index in [2.05, 4.69) is 0 Å². The summed E-state index contributed by atoms with van der Waals surface area (Å²) in [4.78, 5) is 10.1. The average Bonchev–Trinajstić information content (AvgIpc) is 1.89. The second-order valence-electron chi connectivity index (χ2n) is 2.56.